The summed E-state index contributed by atoms with van der Waals surface area (Å²) in [7, 11) is 0. The number of hydrogen-bond donors (Lipinski definition) is 2. The standard InChI is InChI=1S/C11H17NO2S/c1-9(10-5-4-8-15-10)12-7-3-2-6-11(13)14/h4-5,8-9,12H,2-3,6-7H2,1H3,(H,13,14). The van der Waals surface area contributed by atoms with Crippen molar-refractivity contribution in [2.24, 2.45) is 0 Å². The molecule has 0 aromatic carbocycles. The minimum atomic E-state index is -0.707. The van der Waals surface area contributed by atoms with Crippen molar-refractivity contribution in [2.45, 2.75) is 32.2 Å². The molecular weight excluding hydrogens is 210 g/mol. The van der Waals surface area contributed by atoms with Crippen molar-refractivity contribution in [2.75, 3.05) is 6.54 Å². The third-order valence-electron chi connectivity index (χ3n) is 2.24. The van der Waals surface area contributed by atoms with Gasteiger partial charge in [-0.05, 0) is 37.8 Å². The summed E-state index contributed by atoms with van der Waals surface area (Å²) in [5.74, 6) is -0.707. The lowest BCUT2D eigenvalue weighted by Crippen LogP contribution is -2.19. The molecular formula is C11H17NO2S. The van der Waals surface area contributed by atoms with Crippen LogP contribution in [0.5, 0.6) is 0 Å². The Morgan fingerprint density at radius 2 is 2.40 bits per heavy atom. The average Bonchev–Trinajstić information content (AvgIpc) is 2.69. The predicted octanol–water partition coefficient (Wildman–Crippen LogP) is 2.65. The van der Waals surface area contributed by atoms with E-state index in [9.17, 15) is 4.79 Å². The summed E-state index contributed by atoms with van der Waals surface area (Å²) in [6, 6.07) is 4.53. The molecule has 1 unspecified atom stereocenters. The lowest BCUT2D eigenvalue weighted by molar-refractivity contribution is -0.137. The number of unbranched alkanes of at least 4 members (excludes halogenated alkanes) is 1. The van der Waals surface area contributed by atoms with Crippen molar-refractivity contribution in [3.63, 3.8) is 0 Å². The van der Waals surface area contributed by atoms with Gasteiger partial charge in [-0.15, -0.1) is 11.3 Å². The molecule has 0 aliphatic heterocycles. The second kappa shape index (κ2) is 6.58. The first kappa shape index (κ1) is 12.2. The minimum absolute atomic E-state index is 0.273. The van der Waals surface area contributed by atoms with Gasteiger partial charge >= 0.3 is 5.97 Å². The zero-order valence-electron chi connectivity index (χ0n) is 8.90. The van der Waals surface area contributed by atoms with Gasteiger partial charge in [-0.3, -0.25) is 4.79 Å². The van der Waals surface area contributed by atoms with Crippen molar-refractivity contribution in [1.29, 1.82) is 0 Å². The Balaban J connectivity index is 2.08. The SMILES string of the molecule is CC(NCCCCC(=O)O)c1cccs1. The summed E-state index contributed by atoms with van der Waals surface area (Å²) in [5, 5.41) is 13.9. The third-order valence-corrected chi connectivity index (χ3v) is 3.29. The highest BCUT2D eigenvalue weighted by Gasteiger charge is 2.04. The summed E-state index contributed by atoms with van der Waals surface area (Å²) >= 11 is 1.74. The summed E-state index contributed by atoms with van der Waals surface area (Å²) in [5.41, 5.74) is 0. The lowest BCUT2D eigenvalue weighted by atomic mass is 10.2. The number of carbonyl (C=O) groups is 1. The Kier molecular flexibility index (Phi) is 5.36. The fraction of sp³-hybridized carbons (Fsp3) is 0.545. The van der Waals surface area contributed by atoms with Crippen LogP contribution in [0.25, 0.3) is 0 Å². The van der Waals surface area contributed by atoms with Crippen molar-refractivity contribution >= 4 is 17.3 Å². The number of carboxylic acids is 1. The molecule has 0 saturated carbocycles. The van der Waals surface area contributed by atoms with E-state index >= 15 is 0 Å². The molecule has 0 spiro atoms. The van der Waals surface area contributed by atoms with Crippen LogP contribution >= 0.6 is 11.3 Å². The highest BCUT2D eigenvalue weighted by molar-refractivity contribution is 7.10. The fourth-order valence-corrected chi connectivity index (χ4v) is 2.12. The lowest BCUT2D eigenvalue weighted by Gasteiger charge is -2.11. The van der Waals surface area contributed by atoms with Gasteiger partial charge in [0.25, 0.3) is 0 Å². The van der Waals surface area contributed by atoms with E-state index in [-0.39, 0.29) is 6.42 Å². The first-order valence-electron chi connectivity index (χ1n) is 5.18. The summed E-state index contributed by atoms with van der Waals surface area (Å²) in [4.78, 5) is 11.6. The van der Waals surface area contributed by atoms with Gasteiger partial charge in [0.2, 0.25) is 0 Å². The van der Waals surface area contributed by atoms with Crippen LogP contribution in [0.2, 0.25) is 0 Å². The molecule has 0 saturated heterocycles. The minimum Gasteiger partial charge on any atom is -0.481 e. The summed E-state index contributed by atoms with van der Waals surface area (Å²) in [6.45, 7) is 3.01. The molecule has 84 valence electrons. The first-order valence-corrected chi connectivity index (χ1v) is 6.06. The van der Waals surface area contributed by atoms with E-state index in [1.165, 1.54) is 4.88 Å². The van der Waals surface area contributed by atoms with Gasteiger partial charge in [0.1, 0.15) is 0 Å². The zero-order chi connectivity index (χ0) is 11.1. The maximum atomic E-state index is 10.3. The van der Waals surface area contributed by atoms with Crippen molar-refractivity contribution < 1.29 is 9.90 Å². The van der Waals surface area contributed by atoms with E-state index in [1.54, 1.807) is 11.3 Å². The van der Waals surface area contributed by atoms with Crippen LogP contribution in [0.15, 0.2) is 17.5 Å². The maximum Gasteiger partial charge on any atom is 0.303 e. The highest BCUT2D eigenvalue weighted by atomic mass is 32.1. The largest absolute Gasteiger partial charge is 0.481 e. The highest BCUT2D eigenvalue weighted by Crippen LogP contribution is 2.17. The number of rotatable bonds is 7. The number of aliphatic carboxylic acids is 1. The molecule has 0 radical (unpaired) electrons. The molecule has 0 aliphatic carbocycles. The monoisotopic (exact) mass is 227 g/mol. The number of hydrogen-bond acceptors (Lipinski definition) is 3. The predicted molar refractivity (Wildman–Crippen MR) is 62.2 cm³/mol. The Labute approximate surface area is 94.1 Å². The van der Waals surface area contributed by atoms with Crippen LogP contribution in [0.3, 0.4) is 0 Å². The van der Waals surface area contributed by atoms with E-state index in [0.29, 0.717) is 6.04 Å². The zero-order valence-corrected chi connectivity index (χ0v) is 9.72. The number of thiophene rings is 1. The average molecular weight is 227 g/mol. The van der Waals surface area contributed by atoms with Crippen molar-refractivity contribution in [3.8, 4) is 0 Å². The third kappa shape index (κ3) is 4.95. The summed E-state index contributed by atoms with van der Waals surface area (Å²) < 4.78 is 0. The van der Waals surface area contributed by atoms with Gasteiger partial charge in [-0.1, -0.05) is 6.07 Å². The van der Waals surface area contributed by atoms with Crippen molar-refractivity contribution in [3.05, 3.63) is 22.4 Å². The molecule has 2 N–H and O–H groups in total. The molecule has 1 atom stereocenters. The fourth-order valence-electron chi connectivity index (χ4n) is 1.36. The smallest absolute Gasteiger partial charge is 0.303 e. The van der Waals surface area contributed by atoms with E-state index in [4.69, 9.17) is 5.11 Å². The Morgan fingerprint density at radius 1 is 1.60 bits per heavy atom. The number of carboxylic acid groups (broad SMARTS) is 1. The maximum absolute atomic E-state index is 10.3. The molecule has 1 rings (SSSR count). The van der Waals surface area contributed by atoms with E-state index in [0.717, 1.165) is 19.4 Å². The normalized spacial score (nSPS) is 12.6. The van der Waals surface area contributed by atoms with E-state index < -0.39 is 5.97 Å². The quantitative estimate of drug-likeness (QED) is 0.704. The molecule has 0 fully saturated rings. The second-order valence-corrected chi connectivity index (χ2v) is 4.52. The van der Waals surface area contributed by atoms with Crippen molar-refractivity contribution in [1.82, 2.24) is 5.32 Å². The van der Waals surface area contributed by atoms with E-state index in [2.05, 4.69) is 23.7 Å². The van der Waals surface area contributed by atoms with E-state index in [1.807, 2.05) is 6.07 Å². The number of nitrogens with one attached hydrogen (secondary N) is 1. The first-order chi connectivity index (χ1) is 7.20. The topological polar surface area (TPSA) is 49.3 Å². The van der Waals surface area contributed by atoms with Crippen LogP contribution in [0, 0.1) is 0 Å². The van der Waals surface area contributed by atoms with Crippen LogP contribution < -0.4 is 5.32 Å². The molecule has 15 heavy (non-hydrogen) atoms. The Hall–Kier alpha value is -0.870. The summed E-state index contributed by atoms with van der Waals surface area (Å²) in [6.07, 6.45) is 1.94. The Morgan fingerprint density at radius 3 is 3.00 bits per heavy atom. The molecule has 0 bridgehead atoms. The molecule has 1 aromatic rings. The molecule has 0 aliphatic rings. The van der Waals surface area contributed by atoms with Gasteiger partial charge in [-0.2, -0.15) is 0 Å². The molecule has 1 heterocycles. The van der Waals surface area contributed by atoms with Gasteiger partial charge < -0.3 is 10.4 Å². The van der Waals surface area contributed by atoms with Gasteiger partial charge in [0.15, 0.2) is 0 Å². The van der Waals surface area contributed by atoms with Crippen LogP contribution in [0.1, 0.15) is 37.1 Å². The molecule has 3 nitrogen and oxygen atoms in total. The molecule has 1 aromatic heterocycles. The van der Waals surface area contributed by atoms with Crippen LogP contribution in [0.4, 0.5) is 0 Å². The van der Waals surface area contributed by atoms with Crippen LogP contribution in [-0.4, -0.2) is 17.6 Å². The van der Waals surface area contributed by atoms with Gasteiger partial charge in [0, 0.05) is 17.3 Å². The van der Waals surface area contributed by atoms with Gasteiger partial charge in [-0.25, -0.2) is 0 Å². The Bertz CT molecular complexity index is 285. The van der Waals surface area contributed by atoms with Gasteiger partial charge in [0.05, 0.1) is 0 Å². The second-order valence-electron chi connectivity index (χ2n) is 3.54. The molecule has 0 amide bonds. The van der Waals surface area contributed by atoms with Crippen LogP contribution in [-0.2, 0) is 4.79 Å². The molecule has 4 heteroatoms.